The molecule has 0 aliphatic heterocycles. The quantitative estimate of drug-likeness (QED) is 0.592. The molecule has 0 spiro atoms. The van der Waals surface area contributed by atoms with Gasteiger partial charge in [0.1, 0.15) is 12.9 Å². The fourth-order valence-corrected chi connectivity index (χ4v) is 1.64. The maximum Gasteiger partial charge on any atom is 0.122 e. The van der Waals surface area contributed by atoms with E-state index in [1.807, 2.05) is 6.07 Å². The zero-order valence-electron chi connectivity index (χ0n) is 6.47. The third kappa shape index (κ3) is 1.11. The topological polar surface area (TPSA) is 9.23 Å². The van der Waals surface area contributed by atoms with Crippen molar-refractivity contribution in [2.45, 2.75) is 19.3 Å². The highest BCUT2D eigenvalue weighted by atomic mass is 16.5. The largest absolute Gasteiger partial charge is 0.490 e. The number of hydrogen-bond donors (Lipinski definition) is 0. The van der Waals surface area contributed by atoms with Gasteiger partial charge >= 0.3 is 0 Å². The van der Waals surface area contributed by atoms with Crippen LogP contribution >= 0.6 is 0 Å². The molecule has 0 heterocycles. The molecule has 0 saturated carbocycles. The number of rotatable bonds is 1. The molecule has 0 atom stereocenters. The van der Waals surface area contributed by atoms with E-state index in [0.29, 0.717) is 0 Å². The van der Waals surface area contributed by atoms with Gasteiger partial charge in [-0.15, -0.1) is 0 Å². The van der Waals surface area contributed by atoms with E-state index in [4.69, 9.17) is 4.74 Å². The van der Waals surface area contributed by atoms with Crippen LogP contribution in [0, 0.1) is 7.11 Å². The first-order chi connectivity index (χ1) is 5.40. The van der Waals surface area contributed by atoms with Crippen LogP contribution in [0.5, 0.6) is 5.75 Å². The van der Waals surface area contributed by atoms with Crippen molar-refractivity contribution in [3.8, 4) is 5.75 Å². The summed E-state index contributed by atoms with van der Waals surface area (Å²) in [5.41, 5.74) is 2.91. The van der Waals surface area contributed by atoms with Crippen LogP contribution in [0.4, 0.5) is 0 Å². The maximum absolute atomic E-state index is 4.89. The third-order valence-corrected chi connectivity index (χ3v) is 2.24. The van der Waals surface area contributed by atoms with Crippen LogP contribution in [-0.4, -0.2) is 0 Å². The van der Waals surface area contributed by atoms with Gasteiger partial charge < -0.3 is 4.74 Å². The van der Waals surface area contributed by atoms with Gasteiger partial charge in [-0.2, -0.15) is 0 Å². The normalized spacial score (nSPS) is 14.6. The Morgan fingerprint density at radius 3 is 2.82 bits per heavy atom. The van der Waals surface area contributed by atoms with Crippen LogP contribution in [-0.2, 0) is 12.8 Å². The van der Waals surface area contributed by atoms with E-state index < -0.39 is 0 Å². The zero-order chi connectivity index (χ0) is 7.68. The van der Waals surface area contributed by atoms with Gasteiger partial charge in [-0.1, -0.05) is 6.07 Å². The fourth-order valence-electron chi connectivity index (χ4n) is 1.64. The van der Waals surface area contributed by atoms with Crippen LogP contribution in [0.2, 0.25) is 0 Å². The van der Waals surface area contributed by atoms with Gasteiger partial charge in [0.15, 0.2) is 0 Å². The molecule has 0 unspecified atom stereocenters. The first-order valence-electron chi connectivity index (χ1n) is 3.94. The standard InChI is InChI=1S/C10H11O/c1-11-10-6-5-8-3-2-4-9(8)7-10/h5-7H,1-4H2. The third-order valence-electron chi connectivity index (χ3n) is 2.24. The van der Waals surface area contributed by atoms with Gasteiger partial charge in [0, 0.05) is 0 Å². The van der Waals surface area contributed by atoms with E-state index in [1.165, 1.54) is 30.4 Å². The molecule has 1 nitrogen and oxygen atoms in total. The maximum atomic E-state index is 4.89. The van der Waals surface area contributed by atoms with E-state index in [-0.39, 0.29) is 0 Å². The summed E-state index contributed by atoms with van der Waals surface area (Å²) in [6, 6.07) is 6.22. The molecule has 1 radical (unpaired) electrons. The van der Waals surface area contributed by atoms with Gasteiger partial charge in [0.05, 0.1) is 0 Å². The lowest BCUT2D eigenvalue weighted by molar-refractivity contribution is 0.472. The molecule has 1 aromatic carbocycles. The first kappa shape index (κ1) is 6.71. The Kier molecular flexibility index (Phi) is 1.57. The summed E-state index contributed by atoms with van der Waals surface area (Å²) in [5, 5.41) is 0. The number of hydrogen-bond acceptors (Lipinski definition) is 1. The lowest BCUT2D eigenvalue weighted by Crippen LogP contribution is -1.84. The fraction of sp³-hybridized carbons (Fsp3) is 0.300. The van der Waals surface area contributed by atoms with Crippen molar-refractivity contribution in [1.29, 1.82) is 0 Å². The second-order valence-electron chi connectivity index (χ2n) is 2.93. The minimum Gasteiger partial charge on any atom is -0.490 e. The zero-order valence-corrected chi connectivity index (χ0v) is 6.47. The molecule has 2 rings (SSSR count). The van der Waals surface area contributed by atoms with Crippen LogP contribution in [0.25, 0.3) is 0 Å². The highest BCUT2D eigenvalue weighted by molar-refractivity contribution is 5.38. The number of fused-ring (bicyclic) bond motifs is 1. The molecule has 1 aromatic rings. The Hall–Kier alpha value is -0.980. The predicted octanol–water partition coefficient (Wildman–Crippen LogP) is 2.35. The average Bonchev–Trinajstić information content (AvgIpc) is 2.50. The molecule has 0 fully saturated rings. The van der Waals surface area contributed by atoms with Crippen molar-refractivity contribution in [2.75, 3.05) is 0 Å². The molecule has 0 bridgehead atoms. The molecule has 1 heteroatoms. The molecule has 57 valence electrons. The highest BCUT2D eigenvalue weighted by Crippen LogP contribution is 2.25. The van der Waals surface area contributed by atoms with E-state index in [1.54, 1.807) is 0 Å². The van der Waals surface area contributed by atoms with Crippen molar-refractivity contribution in [3.63, 3.8) is 0 Å². The first-order valence-corrected chi connectivity index (χ1v) is 3.94. The number of aryl methyl sites for hydroxylation is 2. The van der Waals surface area contributed by atoms with Crippen molar-refractivity contribution in [1.82, 2.24) is 0 Å². The van der Waals surface area contributed by atoms with E-state index >= 15 is 0 Å². The van der Waals surface area contributed by atoms with Gasteiger partial charge in [0.2, 0.25) is 0 Å². The van der Waals surface area contributed by atoms with Crippen molar-refractivity contribution >= 4 is 0 Å². The van der Waals surface area contributed by atoms with Crippen LogP contribution in [0.1, 0.15) is 17.5 Å². The highest BCUT2D eigenvalue weighted by Gasteiger charge is 2.10. The smallest absolute Gasteiger partial charge is 0.122 e. The van der Waals surface area contributed by atoms with Crippen LogP contribution in [0.3, 0.4) is 0 Å². The van der Waals surface area contributed by atoms with Crippen LogP contribution in [0.15, 0.2) is 18.2 Å². The summed E-state index contributed by atoms with van der Waals surface area (Å²) in [4.78, 5) is 0. The summed E-state index contributed by atoms with van der Waals surface area (Å²) in [5.74, 6) is 0.880. The Morgan fingerprint density at radius 1 is 1.18 bits per heavy atom. The number of ether oxygens (including phenoxy) is 1. The Balaban J connectivity index is 2.41. The van der Waals surface area contributed by atoms with Crippen molar-refractivity contribution < 1.29 is 4.74 Å². The van der Waals surface area contributed by atoms with Gasteiger partial charge in [-0.3, -0.25) is 0 Å². The lowest BCUT2D eigenvalue weighted by Gasteiger charge is -2.01. The molecule has 1 aliphatic carbocycles. The summed E-state index contributed by atoms with van der Waals surface area (Å²) in [7, 11) is 3.38. The van der Waals surface area contributed by atoms with E-state index in [2.05, 4.69) is 19.2 Å². The van der Waals surface area contributed by atoms with Crippen molar-refractivity contribution in [2.24, 2.45) is 0 Å². The van der Waals surface area contributed by atoms with Gasteiger partial charge in [0.25, 0.3) is 0 Å². The molecular weight excluding hydrogens is 136 g/mol. The summed E-state index contributed by atoms with van der Waals surface area (Å²) in [6.07, 6.45) is 3.72. The van der Waals surface area contributed by atoms with Gasteiger partial charge in [-0.05, 0) is 42.5 Å². The molecule has 11 heavy (non-hydrogen) atoms. The van der Waals surface area contributed by atoms with E-state index in [0.717, 1.165) is 5.75 Å². The van der Waals surface area contributed by atoms with Crippen LogP contribution < -0.4 is 4.74 Å². The predicted molar refractivity (Wildman–Crippen MR) is 44.5 cm³/mol. The van der Waals surface area contributed by atoms with Gasteiger partial charge in [-0.25, -0.2) is 0 Å². The minimum atomic E-state index is 0.880. The molecule has 0 amide bonds. The molecule has 1 aliphatic rings. The minimum absolute atomic E-state index is 0.880. The lowest BCUT2D eigenvalue weighted by atomic mass is 10.1. The second-order valence-corrected chi connectivity index (χ2v) is 2.93. The molecule has 0 N–H and O–H groups in total. The second kappa shape index (κ2) is 2.57. The summed E-state index contributed by atoms with van der Waals surface area (Å²) >= 11 is 0. The Bertz CT molecular complexity index is 266. The molecule has 0 saturated heterocycles. The average molecular weight is 147 g/mol. The number of benzene rings is 1. The Labute approximate surface area is 67.0 Å². The van der Waals surface area contributed by atoms with Crippen molar-refractivity contribution in [3.05, 3.63) is 36.4 Å². The van der Waals surface area contributed by atoms with E-state index in [9.17, 15) is 0 Å². The molecule has 0 aromatic heterocycles. The SMILES string of the molecule is [CH2]Oc1ccc2c(c1)CCC2. The monoisotopic (exact) mass is 147 g/mol. The summed E-state index contributed by atoms with van der Waals surface area (Å²) in [6.45, 7) is 0. The summed E-state index contributed by atoms with van der Waals surface area (Å²) < 4.78 is 4.89. The Morgan fingerprint density at radius 2 is 2.00 bits per heavy atom. The molecular formula is C10H11O.